The first-order valence-corrected chi connectivity index (χ1v) is 5.14. The zero-order valence-electron chi connectivity index (χ0n) is 10.2. The lowest BCUT2D eigenvalue weighted by Gasteiger charge is -2.27. The summed E-state index contributed by atoms with van der Waals surface area (Å²) in [5.41, 5.74) is 0.263. The summed E-state index contributed by atoms with van der Waals surface area (Å²) in [5.74, 6) is 1.61. The first kappa shape index (κ1) is 11.8. The predicted octanol–water partition coefficient (Wildman–Crippen LogP) is 2.00. The summed E-state index contributed by atoms with van der Waals surface area (Å²) in [6, 6.07) is 1.92. The molecule has 0 unspecified atom stereocenters. The van der Waals surface area contributed by atoms with Crippen molar-refractivity contribution in [3.63, 3.8) is 0 Å². The number of aromatic nitrogens is 2. The van der Waals surface area contributed by atoms with Crippen LogP contribution in [-0.2, 0) is 0 Å². The summed E-state index contributed by atoms with van der Waals surface area (Å²) in [5, 5.41) is 2.94. The number of hydrogen-bond donors (Lipinski definition) is 1. The average molecular weight is 208 g/mol. The highest BCUT2D eigenvalue weighted by Crippen LogP contribution is 2.18. The van der Waals surface area contributed by atoms with Gasteiger partial charge in [-0.3, -0.25) is 0 Å². The number of nitrogens with zero attached hydrogens (tertiary/aromatic N) is 3. The molecule has 0 aromatic carbocycles. The maximum Gasteiger partial charge on any atom is 0.224 e. The molecule has 84 valence electrons. The van der Waals surface area contributed by atoms with Crippen molar-refractivity contribution in [3.05, 3.63) is 12.3 Å². The second-order valence-electron chi connectivity index (χ2n) is 4.91. The van der Waals surface area contributed by atoms with E-state index in [1.165, 1.54) is 0 Å². The van der Waals surface area contributed by atoms with E-state index in [0.29, 0.717) is 5.95 Å². The Morgan fingerprint density at radius 1 is 1.40 bits per heavy atom. The maximum atomic E-state index is 4.38. The smallest absolute Gasteiger partial charge is 0.224 e. The molecule has 0 aliphatic carbocycles. The molecular formula is C11H20N4. The summed E-state index contributed by atoms with van der Waals surface area (Å²) in [4.78, 5) is 10.6. The molecule has 1 N–H and O–H groups in total. The Balaban J connectivity index is 2.77. The zero-order valence-corrected chi connectivity index (χ0v) is 10.2. The first-order valence-electron chi connectivity index (χ1n) is 5.14. The van der Waals surface area contributed by atoms with Crippen LogP contribution >= 0.6 is 0 Å². The second-order valence-corrected chi connectivity index (χ2v) is 4.91. The van der Waals surface area contributed by atoms with E-state index in [-0.39, 0.29) is 5.41 Å². The van der Waals surface area contributed by atoms with Crippen LogP contribution in [0.2, 0.25) is 0 Å². The van der Waals surface area contributed by atoms with E-state index < -0.39 is 0 Å². The molecule has 4 heteroatoms. The highest BCUT2D eigenvalue weighted by molar-refractivity contribution is 5.41. The van der Waals surface area contributed by atoms with Gasteiger partial charge in [0, 0.05) is 26.8 Å². The Morgan fingerprint density at radius 2 is 2.07 bits per heavy atom. The number of hydrogen-bond acceptors (Lipinski definition) is 4. The van der Waals surface area contributed by atoms with Gasteiger partial charge in [-0.1, -0.05) is 20.8 Å². The van der Waals surface area contributed by atoms with Gasteiger partial charge in [-0.25, -0.2) is 4.98 Å². The summed E-state index contributed by atoms with van der Waals surface area (Å²) >= 11 is 0. The van der Waals surface area contributed by atoms with Crippen LogP contribution in [0.15, 0.2) is 12.3 Å². The number of nitrogens with one attached hydrogen (secondary N) is 1. The van der Waals surface area contributed by atoms with Crippen molar-refractivity contribution in [2.45, 2.75) is 20.8 Å². The van der Waals surface area contributed by atoms with E-state index in [9.17, 15) is 0 Å². The van der Waals surface area contributed by atoms with Crippen molar-refractivity contribution in [2.24, 2.45) is 5.41 Å². The molecule has 0 spiro atoms. The van der Waals surface area contributed by atoms with Crippen molar-refractivity contribution < 1.29 is 0 Å². The molecule has 1 aromatic heterocycles. The Labute approximate surface area is 91.7 Å². The molecule has 0 fully saturated rings. The SMILES string of the molecule is CNc1nccc(N(C)CC(C)(C)C)n1. The highest BCUT2D eigenvalue weighted by atomic mass is 15.2. The number of rotatable bonds is 3. The third-order valence-electron chi connectivity index (χ3n) is 1.97. The standard InChI is InChI=1S/C11H20N4/c1-11(2,3)8-15(5)9-6-7-13-10(12-4)14-9/h6-7H,8H2,1-5H3,(H,12,13,14). The summed E-state index contributed by atoms with van der Waals surface area (Å²) in [6.07, 6.45) is 1.77. The molecule has 1 rings (SSSR count). The maximum absolute atomic E-state index is 4.38. The second kappa shape index (κ2) is 4.47. The molecule has 15 heavy (non-hydrogen) atoms. The van der Waals surface area contributed by atoms with E-state index in [4.69, 9.17) is 0 Å². The van der Waals surface area contributed by atoms with Gasteiger partial charge >= 0.3 is 0 Å². The quantitative estimate of drug-likeness (QED) is 0.825. The van der Waals surface area contributed by atoms with Crippen LogP contribution in [-0.4, -0.2) is 30.6 Å². The number of anilines is 2. The van der Waals surface area contributed by atoms with Gasteiger partial charge in [-0.15, -0.1) is 0 Å². The van der Waals surface area contributed by atoms with Crippen LogP contribution < -0.4 is 10.2 Å². The lowest BCUT2D eigenvalue weighted by Crippen LogP contribution is -2.29. The summed E-state index contributed by atoms with van der Waals surface area (Å²) < 4.78 is 0. The Bertz CT molecular complexity index is 317. The molecule has 0 saturated carbocycles. The largest absolute Gasteiger partial charge is 0.359 e. The Kier molecular flexibility index (Phi) is 3.50. The van der Waals surface area contributed by atoms with Crippen molar-refractivity contribution in [2.75, 3.05) is 30.9 Å². The molecule has 1 aromatic rings. The first-order chi connectivity index (χ1) is 6.92. The van der Waals surface area contributed by atoms with Crippen LogP contribution in [0.3, 0.4) is 0 Å². The fourth-order valence-corrected chi connectivity index (χ4v) is 1.47. The topological polar surface area (TPSA) is 41.1 Å². The molecule has 0 radical (unpaired) electrons. The van der Waals surface area contributed by atoms with Crippen LogP contribution in [0.4, 0.5) is 11.8 Å². The molecule has 0 bridgehead atoms. The van der Waals surface area contributed by atoms with E-state index in [0.717, 1.165) is 12.4 Å². The fourth-order valence-electron chi connectivity index (χ4n) is 1.47. The van der Waals surface area contributed by atoms with Crippen molar-refractivity contribution in [1.82, 2.24) is 9.97 Å². The fraction of sp³-hybridized carbons (Fsp3) is 0.636. The van der Waals surface area contributed by atoms with E-state index in [1.807, 2.05) is 20.2 Å². The summed E-state index contributed by atoms with van der Waals surface area (Å²) in [7, 11) is 3.87. The van der Waals surface area contributed by atoms with Gasteiger partial charge < -0.3 is 10.2 Å². The van der Waals surface area contributed by atoms with Gasteiger partial charge in [0.15, 0.2) is 0 Å². The molecular weight excluding hydrogens is 188 g/mol. The zero-order chi connectivity index (χ0) is 11.5. The van der Waals surface area contributed by atoms with Gasteiger partial charge in [0.1, 0.15) is 5.82 Å². The van der Waals surface area contributed by atoms with Crippen molar-refractivity contribution in [3.8, 4) is 0 Å². The third-order valence-corrected chi connectivity index (χ3v) is 1.97. The minimum atomic E-state index is 0.263. The predicted molar refractivity (Wildman–Crippen MR) is 64.3 cm³/mol. The minimum absolute atomic E-state index is 0.263. The van der Waals surface area contributed by atoms with Crippen LogP contribution in [0, 0.1) is 5.41 Å². The third kappa shape index (κ3) is 3.73. The van der Waals surface area contributed by atoms with Crippen LogP contribution in [0.5, 0.6) is 0 Å². The summed E-state index contributed by atoms with van der Waals surface area (Å²) in [6.45, 7) is 7.60. The highest BCUT2D eigenvalue weighted by Gasteiger charge is 2.14. The molecule has 0 amide bonds. The Hall–Kier alpha value is -1.32. The minimum Gasteiger partial charge on any atom is -0.359 e. The van der Waals surface area contributed by atoms with Gasteiger partial charge in [0.2, 0.25) is 5.95 Å². The van der Waals surface area contributed by atoms with Crippen LogP contribution in [0.25, 0.3) is 0 Å². The van der Waals surface area contributed by atoms with Gasteiger partial charge in [-0.05, 0) is 11.5 Å². The molecule has 0 aliphatic rings. The lowest BCUT2D eigenvalue weighted by molar-refractivity contribution is 0.418. The molecule has 0 atom stereocenters. The average Bonchev–Trinajstić information content (AvgIpc) is 2.15. The van der Waals surface area contributed by atoms with E-state index >= 15 is 0 Å². The lowest BCUT2D eigenvalue weighted by atomic mass is 9.96. The van der Waals surface area contributed by atoms with Crippen molar-refractivity contribution >= 4 is 11.8 Å². The van der Waals surface area contributed by atoms with E-state index in [2.05, 4.69) is 41.0 Å². The monoisotopic (exact) mass is 208 g/mol. The molecule has 4 nitrogen and oxygen atoms in total. The molecule has 1 heterocycles. The van der Waals surface area contributed by atoms with Crippen molar-refractivity contribution in [1.29, 1.82) is 0 Å². The molecule has 0 aliphatic heterocycles. The Morgan fingerprint density at radius 3 is 2.60 bits per heavy atom. The van der Waals surface area contributed by atoms with Crippen LogP contribution in [0.1, 0.15) is 20.8 Å². The van der Waals surface area contributed by atoms with Gasteiger partial charge in [0.25, 0.3) is 0 Å². The molecule has 0 saturated heterocycles. The normalized spacial score (nSPS) is 11.3. The van der Waals surface area contributed by atoms with Gasteiger partial charge in [-0.2, -0.15) is 4.98 Å². The van der Waals surface area contributed by atoms with Gasteiger partial charge in [0.05, 0.1) is 0 Å². The van der Waals surface area contributed by atoms with E-state index in [1.54, 1.807) is 6.20 Å².